The van der Waals surface area contributed by atoms with Crippen molar-refractivity contribution >= 4 is 0 Å². The monoisotopic (exact) mass is 267 g/mol. The molecule has 2 heterocycles. The molecule has 2 aliphatic rings. The van der Waals surface area contributed by atoms with E-state index in [9.17, 15) is 13.2 Å². The van der Waals surface area contributed by atoms with Crippen LogP contribution in [0.25, 0.3) is 0 Å². The Labute approximate surface area is 105 Å². The molecule has 3 nitrogen and oxygen atoms in total. The van der Waals surface area contributed by atoms with Gasteiger partial charge in [0.15, 0.2) is 0 Å². The molecule has 0 aromatic rings. The van der Waals surface area contributed by atoms with Crippen molar-refractivity contribution in [3.8, 4) is 0 Å². The van der Waals surface area contributed by atoms with E-state index in [2.05, 4.69) is 0 Å². The van der Waals surface area contributed by atoms with Crippen molar-refractivity contribution in [3.05, 3.63) is 0 Å². The van der Waals surface area contributed by atoms with Crippen LogP contribution in [-0.2, 0) is 9.47 Å². The van der Waals surface area contributed by atoms with Crippen molar-refractivity contribution in [1.29, 1.82) is 0 Å². The third-order valence-corrected chi connectivity index (χ3v) is 3.96. The molecule has 2 fully saturated rings. The molecule has 2 aliphatic heterocycles. The lowest BCUT2D eigenvalue weighted by atomic mass is 9.80. The van der Waals surface area contributed by atoms with E-state index in [1.807, 2.05) is 0 Å². The first kappa shape index (κ1) is 14.1. The van der Waals surface area contributed by atoms with E-state index in [1.54, 1.807) is 0 Å². The maximum absolute atomic E-state index is 12.2. The summed E-state index contributed by atoms with van der Waals surface area (Å²) >= 11 is 0. The summed E-state index contributed by atoms with van der Waals surface area (Å²) in [5.41, 5.74) is 5.63. The first-order chi connectivity index (χ1) is 8.40. The largest absolute Gasteiger partial charge is 0.389 e. The zero-order chi connectivity index (χ0) is 13.2. The second kappa shape index (κ2) is 5.35. The van der Waals surface area contributed by atoms with Crippen molar-refractivity contribution in [3.63, 3.8) is 0 Å². The quantitative estimate of drug-likeness (QED) is 0.853. The number of ether oxygens (including phenoxy) is 2. The van der Waals surface area contributed by atoms with Crippen molar-refractivity contribution in [2.75, 3.05) is 19.8 Å². The summed E-state index contributed by atoms with van der Waals surface area (Å²) in [6.45, 7) is 1.80. The summed E-state index contributed by atoms with van der Waals surface area (Å²) in [6, 6.07) is -0.395. The average molecular weight is 267 g/mol. The third-order valence-electron chi connectivity index (χ3n) is 3.96. The Hall–Kier alpha value is -0.330. The molecule has 0 aliphatic carbocycles. The van der Waals surface area contributed by atoms with Crippen LogP contribution in [-0.4, -0.2) is 37.6 Å². The molecule has 0 bridgehead atoms. The Morgan fingerprint density at radius 2 is 2.11 bits per heavy atom. The Bertz CT molecular complexity index is 277. The summed E-state index contributed by atoms with van der Waals surface area (Å²) in [7, 11) is 0. The van der Waals surface area contributed by atoms with Crippen LogP contribution in [0.15, 0.2) is 0 Å². The fourth-order valence-electron chi connectivity index (χ4n) is 2.86. The molecule has 6 heteroatoms. The standard InChI is InChI=1S/C12H20F3NO2/c13-12(14,15)3-1-10(16)9-2-5-18-11(7-9)4-6-17-8-11/h9-10H,1-8,16H2. The summed E-state index contributed by atoms with van der Waals surface area (Å²) in [5, 5.41) is 0. The zero-order valence-electron chi connectivity index (χ0n) is 10.3. The van der Waals surface area contributed by atoms with E-state index in [1.165, 1.54) is 0 Å². The fraction of sp³-hybridized carbons (Fsp3) is 1.00. The van der Waals surface area contributed by atoms with Gasteiger partial charge in [0.05, 0.1) is 12.2 Å². The summed E-state index contributed by atoms with van der Waals surface area (Å²) in [4.78, 5) is 0. The van der Waals surface area contributed by atoms with Gasteiger partial charge in [-0.1, -0.05) is 0 Å². The highest BCUT2D eigenvalue weighted by Gasteiger charge is 2.42. The van der Waals surface area contributed by atoms with Gasteiger partial charge in [-0.15, -0.1) is 0 Å². The van der Waals surface area contributed by atoms with E-state index >= 15 is 0 Å². The lowest BCUT2D eigenvalue weighted by Crippen LogP contribution is -2.46. The number of nitrogens with two attached hydrogens (primary N) is 1. The van der Waals surface area contributed by atoms with Gasteiger partial charge in [0.2, 0.25) is 0 Å². The SMILES string of the molecule is NC(CCC(F)(F)F)C1CCOC2(CCOC2)C1. The molecular weight excluding hydrogens is 247 g/mol. The first-order valence-corrected chi connectivity index (χ1v) is 6.44. The van der Waals surface area contributed by atoms with E-state index < -0.39 is 18.6 Å². The highest BCUT2D eigenvalue weighted by molar-refractivity contribution is 4.93. The number of hydrogen-bond acceptors (Lipinski definition) is 3. The second-order valence-electron chi connectivity index (χ2n) is 5.40. The minimum atomic E-state index is -4.11. The summed E-state index contributed by atoms with van der Waals surface area (Å²) in [5.74, 6) is 0.114. The van der Waals surface area contributed by atoms with Gasteiger partial charge in [0.1, 0.15) is 0 Å². The van der Waals surface area contributed by atoms with Crippen LogP contribution in [0.3, 0.4) is 0 Å². The molecule has 0 amide bonds. The predicted octanol–water partition coefficient (Wildman–Crippen LogP) is 2.24. The topological polar surface area (TPSA) is 44.5 Å². The minimum Gasteiger partial charge on any atom is -0.378 e. The van der Waals surface area contributed by atoms with E-state index in [0.717, 1.165) is 19.3 Å². The van der Waals surface area contributed by atoms with Crippen LogP contribution in [0.1, 0.15) is 32.1 Å². The smallest absolute Gasteiger partial charge is 0.378 e. The summed E-state index contributed by atoms with van der Waals surface area (Å²) < 4.78 is 47.6. The van der Waals surface area contributed by atoms with Gasteiger partial charge < -0.3 is 15.2 Å². The maximum Gasteiger partial charge on any atom is 0.389 e. The Kier molecular flexibility index (Phi) is 4.18. The minimum absolute atomic E-state index is 0.00506. The van der Waals surface area contributed by atoms with Crippen LogP contribution in [0.5, 0.6) is 0 Å². The average Bonchev–Trinajstić information content (AvgIpc) is 2.73. The number of hydrogen-bond donors (Lipinski definition) is 1. The lowest BCUT2D eigenvalue weighted by molar-refractivity contribution is -0.139. The van der Waals surface area contributed by atoms with Crippen molar-refractivity contribution in [1.82, 2.24) is 0 Å². The van der Waals surface area contributed by atoms with E-state index in [4.69, 9.17) is 15.2 Å². The van der Waals surface area contributed by atoms with Gasteiger partial charge in [0.25, 0.3) is 0 Å². The molecule has 3 unspecified atom stereocenters. The Balaban J connectivity index is 1.84. The van der Waals surface area contributed by atoms with Gasteiger partial charge >= 0.3 is 6.18 Å². The van der Waals surface area contributed by atoms with Crippen LogP contribution in [0, 0.1) is 5.92 Å². The van der Waals surface area contributed by atoms with Crippen molar-refractivity contribution in [2.24, 2.45) is 11.7 Å². The van der Waals surface area contributed by atoms with Crippen molar-refractivity contribution in [2.45, 2.75) is 49.9 Å². The number of alkyl halides is 3. The molecule has 106 valence electrons. The second-order valence-corrected chi connectivity index (χ2v) is 5.40. The molecule has 2 N–H and O–H groups in total. The molecule has 2 saturated heterocycles. The van der Waals surface area contributed by atoms with Crippen LogP contribution in [0.4, 0.5) is 13.2 Å². The predicted molar refractivity (Wildman–Crippen MR) is 60.1 cm³/mol. The molecule has 0 aromatic carbocycles. The van der Waals surface area contributed by atoms with E-state index in [-0.39, 0.29) is 17.9 Å². The van der Waals surface area contributed by atoms with Crippen LogP contribution in [0.2, 0.25) is 0 Å². The van der Waals surface area contributed by atoms with Gasteiger partial charge in [-0.05, 0) is 25.2 Å². The van der Waals surface area contributed by atoms with Crippen molar-refractivity contribution < 1.29 is 22.6 Å². The molecule has 0 radical (unpaired) electrons. The molecule has 3 atom stereocenters. The highest BCUT2D eigenvalue weighted by atomic mass is 19.4. The maximum atomic E-state index is 12.2. The molecule has 18 heavy (non-hydrogen) atoms. The summed E-state index contributed by atoms with van der Waals surface area (Å²) in [6.07, 6.45) is -2.60. The van der Waals surface area contributed by atoms with Crippen LogP contribution >= 0.6 is 0 Å². The van der Waals surface area contributed by atoms with E-state index in [0.29, 0.717) is 19.8 Å². The molecule has 2 rings (SSSR count). The zero-order valence-corrected chi connectivity index (χ0v) is 10.3. The molecule has 0 saturated carbocycles. The highest BCUT2D eigenvalue weighted by Crippen LogP contribution is 2.37. The Morgan fingerprint density at radius 3 is 2.72 bits per heavy atom. The lowest BCUT2D eigenvalue weighted by Gasteiger charge is -2.39. The number of rotatable bonds is 3. The van der Waals surface area contributed by atoms with Crippen LogP contribution < -0.4 is 5.73 Å². The van der Waals surface area contributed by atoms with Gasteiger partial charge in [-0.2, -0.15) is 13.2 Å². The third kappa shape index (κ3) is 3.59. The molecule has 1 spiro atoms. The Morgan fingerprint density at radius 1 is 1.33 bits per heavy atom. The molecular formula is C12H20F3NO2. The number of halogens is 3. The van der Waals surface area contributed by atoms with Gasteiger partial charge in [0, 0.05) is 32.1 Å². The first-order valence-electron chi connectivity index (χ1n) is 6.44. The fourth-order valence-corrected chi connectivity index (χ4v) is 2.86. The normalized spacial score (nSPS) is 35.0. The molecule has 0 aromatic heterocycles. The van der Waals surface area contributed by atoms with Gasteiger partial charge in [-0.3, -0.25) is 0 Å². The van der Waals surface area contributed by atoms with Gasteiger partial charge in [-0.25, -0.2) is 0 Å².